The Labute approximate surface area is 105 Å². The van der Waals surface area contributed by atoms with E-state index in [0.29, 0.717) is 15.6 Å². The van der Waals surface area contributed by atoms with Gasteiger partial charge in [-0.2, -0.15) is 13.2 Å². The summed E-state index contributed by atoms with van der Waals surface area (Å²) in [5.41, 5.74) is -0.103. The van der Waals surface area contributed by atoms with E-state index in [0.717, 1.165) is 12.1 Å². The molecule has 7 heteroatoms. The molecule has 0 aliphatic carbocycles. The number of aromatic nitrogens is 2. The van der Waals surface area contributed by atoms with E-state index in [1.165, 1.54) is 17.4 Å². The zero-order valence-corrected chi connectivity index (χ0v) is 10.1. The van der Waals surface area contributed by atoms with Crippen molar-refractivity contribution < 1.29 is 18.3 Å². The van der Waals surface area contributed by atoms with Gasteiger partial charge < -0.3 is 5.11 Å². The van der Waals surface area contributed by atoms with Gasteiger partial charge >= 0.3 is 6.18 Å². The number of hydrogen-bond acceptors (Lipinski definition) is 4. The standard InChI is InChI=1S/C11H9F3N2OS/c1-6-15-16-10(18-6)9-3-2-8(11(12,13)14)4-7(9)5-17/h2-4,17H,5H2,1H3. The van der Waals surface area contributed by atoms with Crippen molar-refractivity contribution in [2.24, 2.45) is 0 Å². The van der Waals surface area contributed by atoms with Crippen LogP contribution in [-0.4, -0.2) is 15.3 Å². The second-order valence-electron chi connectivity index (χ2n) is 3.65. The molecule has 0 aliphatic rings. The summed E-state index contributed by atoms with van der Waals surface area (Å²) in [6.45, 7) is 1.28. The summed E-state index contributed by atoms with van der Waals surface area (Å²) in [7, 11) is 0. The molecule has 1 N–H and O–H groups in total. The number of alkyl halides is 3. The molecule has 0 atom stereocenters. The smallest absolute Gasteiger partial charge is 0.392 e. The Bertz CT molecular complexity index is 566. The maximum absolute atomic E-state index is 12.5. The lowest BCUT2D eigenvalue weighted by Crippen LogP contribution is -2.06. The van der Waals surface area contributed by atoms with Crippen LogP contribution in [0.5, 0.6) is 0 Å². The van der Waals surface area contributed by atoms with Crippen molar-refractivity contribution in [1.29, 1.82) is 0 Å². The predicted molar refractivity (Wildman–Crippen MR) is 61.0 cm³/mol. The number of aliphatic hydroxyl groups is 1. The van der Waals surface area contributed by atoms with Crippen LogP contribution < -0.4 is 0 Å². The van der Waals surface area contributed by atoms with E-state index in [-0.39, 0.29) is 5.56 Å². The third-order valence-corrected chi connectivity index (χ3v) is 3.23. The van der Waals surface area contributed by atoms with Crippen molar-refractivity contribution in [3.8, 4) is 10.6 Å². The van der Waals surface area contributed by atoms with Crippen molar-refractivity contribution in [3.63, 3.8) is 0 Å². The van der Waals surface area contributed by atoms with Crippen LogP contribution in [-0.2, 0) is 12.8 Å². The van der Waals surface area contributed by atoms with Gasteiger partial charge in [-0.15, -0.1) is 10.2 Å². The molecule has 0 saturated carbocycles. The Morgan fingerprint density at radius 3 is 2.50 bits per heavy atom. The number of aryl methyl sites for hydroxylation is 1. The van der Waals surface area contributed by atoms with Gasteiger partial charge in [0.2, 0.25) is 0 Å². The molecule has 0 aliphatic heterocycles. The first-order chi connectivity index (χ1) is 8.41. The number of hydrogen-bond donors (Lipinski definition) is 1. The molecule has 0 bridgehead atoms. The minimum Gasteiger partial charge on any atom is -0.392 e. The summed E-state index contributed by atoms with van der Waals surface area (Å²) in [4.78, 5) is 0. The quantitative estimate of drug-likeness (QED) is 0.915. The largest absolute Gasteiger partial charge is 0.416 e. The number of halogens is 3. The third-order valence-electron chi connectivity index (χ3n) is 2.36. The third kappa shape index (κ3) is 2.51. The fraction of sp³-hybridized carbons (Fsp3) is 0.273. The molecular formula is C11H9F3N2OS. The normalized spacial score (nSPS) is 11.8. The molecule has 1 heterocycles. The average Bonchev–Trinajstić information content (AvgIpc) is 2.73. The number of nitrogens with zero attached hydrogens (tertiary/aromatic N) is 2. The SMILES string of the molecule is Cc1nnc(-c2ccc(C(F)(F)F)cc2CO)s1. The summed E-state index contributed by atoms with van der Waals surface area (Å²) in [5, 5.41) is 18.1. The van der Waals surface area contributed by atoms with Gasteiger partial charge in [-0.05, 0) is 24.6 Å². The van der Waals surface area contributed by atoms with E-state index < -0.39 is 18.3 Å². The van der Waals surface area contributed by atoms with E-state index in [1.807, 2.05) is 0 Å². The van der Waals surface area contributed by atoms with E-state index in [2.05, 4.69) is 10.2 Å². The lowest BCUT2D eigenvalue weighted by atomic mass is 10.0. The van der Waals surface area contributed by atoms with Gasteiger partial charge in [0.25, 0.3) is 0 Å². The maximum Gasteiger partial charge on any atom is 0.416 e. The summed E-state index contributed by atoms with van der Waals surface area (Å²) < 4.78 is 37.6. The zero-order valence-electron chi connectivity index (χ0n) is 9.32. The molecule has 1 aromatic heterocycles. The van der Waals surface area contributed by atoms with E-state index in [1.54, 1.807) is 6.92 Å². The molecule has 0 saturated heterocycles. The van der Waals surface area contributed by atoms with Crippen LogP contribution in [0.1, 0.15) is 16.1 Å². The Kier molecular flexibility index (Phi) is 3.36. The summed E-state index contributed by atoms with van der Waals surface area (Å²) in [6, 6.07) is 3.23. The second kappa shape index (κ2) is 4.66. The molecule has 0 radical (unpaired) electrons. The first kappa shape index (κ1) is 13.0. The van der Waals surface area contributed by atoms with Crippen LogP contribution in [0.15, 0.2) is 18.2 Å². The molecule has 0 unspecified atom stereocenters. The summed E-state index contributed by atoms with van der Waals surface area (Å²) in [5.74, 6) is 0. The number of rotatable bonds is 2. The van der Waals surface area contributed by atoms with Crippen molar-refractivity contribution in [2.75, 3.05) is 0 Å². The van der Waals surface area contributed by atoms with Crippen molar-refractivity contribution in [2.45, 2.75) is 19.7 Å². The molecule has 2 rings (SSSR count). The number of benzene rings is 1. The lowest BCUT2D eigenvalue weighted by Gasteiger charge is -2.10. The minimum absolute atomic E-state index is 0.195. The van der Waals surface area contributed by atoms with Gasteiger partial charge in [-0.1, -0.05) is 17.4 Å². The van der Waals surface area contributed by atoms with Crippen LogP contribution in [0.3, 0.4) is 0 Å². The molecule has 3 nitrogen and oxygen atoms in total. The van der Waals surface area contributed by atoms with E-state index in [9.17, 15) is 13.2 Å². The first-order valence-corrected chi connectivity index (χ1v) is 5.85. The second-order valence-corrected chi connectivity index (χ2v) is 4.84. The van der Waals surface area contributed by atoms with Gasteiger partial charge in [-0.25, -0.2) is 0 Å². The highest BCUT2D eigenvalue weighted by molar-refractivity contribution is 7.14. The summed E-state index contributed by atoms with van der Waals surface area (Å²) in [6.07, 6.45) is -4.42. The van der Waals surface area contributed by atoms with Crippen LogP contribution in [0.2, 0.25) is 0 Å². The molecule has 1 aromatic carbocycles. The average molecular weight is 274 g/mol. The Hall–Kier alpha value is -1.47. The Balaban J connectivity index is 2.50. The summed E-state index contributed by atoms with van der Waals surface area (Å²) >= 11 is 1.27. The molecular weight excluding hydrogens is 265 g/mol. The molecule has 0 fully saturated rings. The van der Waals surface area contributed by atoms with Crippen molar-refractivity contribution in [1.82, 2.24) is 10.2 Å². The predicted octanol–water partition coefficient (Wildman–Crippen LogP) is 3.02. The monoisotopic (exact) mass is 274 g/mol. The number of aliphatic hydroxyl groups excluding tert-OH is 1. The minimum atomic E-state index is -4.42. The van der Waals surface area contributed by atoms with Gasteiger partial charge in [0.1, 0.15) is 10.0 Å². The molecule has 0 amide bonds. The molecule has 18 heavy (non-hydrogen) atoms. The van der Waals surface area contributed by atoms with Gasteiger partial charge in [0.05, 0.1) is 12.2 Å². The zero-order chi connectivity index (χ0) is 13.3. The molecule has 96 valence electrons. The van der Waals surface area contributed by atoms with Crippen molar-refractivity contribution >= 4 is 11.3 Å². The highest BCUT2D eigenvalue weighted by atomic mass is 32.1. The molecule has 2 aromatic rings. The van der Waals surface area contributed by atoms with Crippen LogP contribution in [0.4, 0.5) is 13.2 Å². The van der Waals surface area contributed by atoms with Gasteiger partial charge in [0.15, 0.2) is 0 Å². The molecule has 0 spiro atoms. The van der Waals surface area contributed by atoms with Crippen molar-refractivity contribution in [3.05, 3.63) is 34.3 Å². The fourth-order valence-corrected chi connectivity index (χ4v) is 2.27. The van der Waals surface area contributed by atoms with Gasteiger partial charge in [-0.3, -0.25) is 0 Å². The van der Waals surface area contributed by atoms with Crippen LogP contribution >= 0.6 is 11.3 Å². The Morgan fingerprint density at radius 1 is 1.28 bits per heavy atom. The lowest BCUT2D eigenvalue weighted by molar-refractivity contribution is -0.137. The maximum atomic E-state index is 12.5. The van der Waals surface area contributed by atoms with Gasteiger partial charge in [0, 0.05) is 5.56 Å². The first-order valence-electron chi connectivity index (χ1n) is 5.03. The topological polar surface area (TPSA) is 46.0 Å². The highest BCUT2D eigenvalue weighted by Crippen LogP contribution is 2.34. The Morgan fingerprint density at radius 2 is 2.00 bits per heavy atom. The van der Waals surface area contributed by atoms with Crippen LogP contribution in [0.25, 0.3) is 10.6 Å². The van der Waals surface area contributed by atoms with Crippen LogP contribution in [0, 0.1) is 6.92 Å². The fourth-order valence-electron chi connectivity index (χ4n) is 1.51. The van der Waals surface area contributed by atoms with E-state index in [4.69, 9.17) is 5.11 Å². The highest BCUT2D eigenvalue weighted by Gasteiger charge is 2.31. The van der Waals surface area contributed by atoms with E-state index >= 15 is 0 Å².